The SMILES string of the molecule is Cc1cc(C)c2c3c(oc2n1)=C(NC1CCC1)N(C)CN=3. The molecule has 0 saturated heterocycles. The van der Waals surface area contributed by atoms with Crippen LogP contribution in [0.15, 0.2) is 15.5 Å². The molecule has 1 N–H and O–H groups in total. The Balaban J connectivity index is 2.00. The van der Waals surface area contributed by atoms with Crippen LogP contribution in [0.5, 0.6) is 0 Å². The fraction of sp³-hybridized carbons (Fsp3) is 0.500. The Bertz CT molecular complexity index is 832. The lowest BCUT2D eigenvalue weighted by Crippen LogP contribution is -2.47. The number of furan rings is 1. The molecule has 2 aliphatic rings. The highest BCUT2D eigenvalue weighted by Gasteiger charge is 2.24. The van der Waals surface area contributed by atoms with Gasteiger partial charge < -0.3 is 14.6 Å². The Labute approximate surface area is 123 Å². The van der Waals surface area contributed by atoms with Gasteiger partial charge in [0.15, 0.2) is 5.42 Å². The van der Waals surface area contributed by atoms with Gasteiger partial charge in [-0.05, 0) is 44.7 Å². The van der Waals surface area contributed by atoms with Crippen LogP contribution >= 0.6 is 0 Å². The Morgan fingerprint density at radius 3 is 2.86 bits per heavy atom. The third-order valence-corrected chi connectivity index (χ3v) is 4.45. The van der Waals surface area contributed by atoms with Crippen molar-refractivity contribution in [2.24, 2.45) is 4.99 Å². The molecule has 110 valence electrons. The van der Waals surface area contributed by atoms with E-state index in [1.54, 1.807) is 0 Å². The van der Waals surface area contributed by atoms with E-state index < -0.39 is 0 Å². The minimum Gasteiger partial charge on any atom is -0.432 e. The fourth-order valence-corrected chi connectivity index (χ4v) is 3.08. The third kappa shape index (κ3) is 1.91. The van der Waals surface area contributed by atoms with Crippen LogP contribution in [0.3, 0.4) is 0 Å². The van der Waals surface area contributed by atoms with E-state index in [1.165, 1.54) is 24.8 Å². The van der Waals surface area contributed by atoms with Gasteiger partial charge in [0.2, 0.25) is 5.71 Å². The zero-order valence-electron chi connectivity index (χ0n) is 12.7. The lowest BCUT2D eigenvalue weighted by molar-refractivity contribution is 0.334. The first-order valence-electron chi connectivity index (χ1n) is 7.56. The van der Waals surface area contributed by atoms with Crippen LogP contribution < -0.4 is 16.1 Å². The predicted octanol–water partition coefficient (Wildman–Crippen LogP) is 1.17. The second-order valence-electron chi connectivity index (χ2n) is 6.16. The van der Waals surface area contributed by atoms with Gasteiger partial charge in [-0.25, -0.2) is 4.98 Å². The van der Waals surface area contributed by atoms with Crippen molar-refractivity contribution in [3.05, 3.63) is 28.1 Å². The molecule has 5 nitrogen and oxygen atoms in total. The number of nitrogens with zero attached hydrogens (tertiary/aromatic N) is 3. The van der Waals surface area contributed by atoms with Crippen LogP contribution in [0.25, 0.3) is 16.9 Å². The van der Waals surface area contributed by atoms with Gasteiger partial charge in [0, 0.05) is 18.8 Å². The maximum atomic E-state index is 6.06. The molecule has 0 spiro atoms. The summed E-state index contributed by atoms with van der Waals surface area (Å²) in [5, 5.41) is 5.62. The summed E-state index contributed by atoms with van der Waals surface area (Å²) in [5.41, 5.74) is 3.70. The number of pyridine rings is 1. The molecular formula is C16H20N4O. The summed E-state index contributed by atoms with van der Waals surface area (Å²) in [4.78, 5) is 11.3. The monoisotopic (exact) mass is 284 g/mol. The Morgan fingerprint density at radius 2 is 2.14 bits per heavy atom. The molecule has 3 heterocycles. The van der Waals surface area contributed by atoms with Crippen LogP contribution in [0, 0.1) is 13.8 Å². The molecule has 0 unspecified atom stereocenters. The summed E-state index contributed by atoms with van der Waals surface area (Å²) < 4.78 is 6.06. The van der Waals surface area contributed by atoms with Gasteiger partial charge in [0.25, 0.3) is 0 Å². The number of aryl methyl sites for hydroxylation is 2. The Kier molecular flexibility index (Phi) is 2.71. The van der Waals surface area contributed by atoms with Crippen molar-refractivity contribution in [3.8, 4) is 0 Å². The van der Waals surface area contributed by atoms with Gasteiger partial charge in [-0.3, -0.25) is 4.99 Å². The van der Waals surface area contributed by atoms with Gasteiger partial charge in [-0.15, -0.1) is 0 Å². The number of nitrogens with one attached hydrogen (secondary N) is 1. The molecule has 0 radical (unpaired) electrons. The van der Waals surface area contributed by atoms with Crippen molar-refractivity contribution in [1.82, 2.24) is 15.2 Å². The molecule has 1 aliphatic heterocycles. The minimum absolute atomic E-state index is 0.567. The molecule has 4 rings (SSSR count). The lowest BCUT2D eigenvalue weighted by atomic mass is 9.93. The zero-order valence-corrected chi connectivity index (χ0v) is 12.7. The molecule has 0 amide bonds. The summed E-state index contributed by atoms with van der Waals surface area (Å²) in [6.45, 7) is 4.75. The molecule has 0 bridgehead atoms. The first-order valence-corrected chi connectivity index (χ1v) is 7.56. The van der Waals surface area contributed by atoms with Crippen LogP contribution in [0.4, 0.5) is 0 Å². The number of hydrogen-bond acceptors (Lipinski definition) is 5. The van der Waals surface area contributed by atoms with Crippen molar-refractivity contribution >= 4 is 16.9 Å². The molecule has 2 aromatic rings. The van der Waals surface area contributed by atoms with E-state index in [0.29, 0.717) is 18.4 Å². The predicted molar refractivity (Wildman–Crippen MR) is 81.1 cm³/mol. The molecule has 0 aromatic carbocycles. The Hall–Kier alpha value is -2.04. The number of aromatic nitrogens is 1. The molecule has 1 aliphatic carbocycles. The summed E-state index contributed by atoms with van der Waals surface area (Å²) in [6, 6.07) is 2.66. The van der Waals surface area contributed by atoms with Crippen LogP contribution in [-0.2, 0) is 0 Å². The average molecular weight is 284 g/mol. The first kappa shape index (κ1) is 12.7. The number of hydrogen-bond donors (Lipinski definition) is 1. The second kappa shape index (κ2) is 4.48. The highest BCUT2D eigenvalue weighted by molar-refractivity contribution is 5.78. The fourth-order valence-electron chi connectivity index (χ4n) is 3.08. The largest absolute Gasteiger partial charge is 0.432 e. The maximum absolute atomic E-state index is 6.06. The molecule has 21 heavy (non-hydrogen) atoms. The van der Waals surface area contributed by atoms with Gasteiger partial charge >= 0.3 is 0 Å². The van der Waals surface area contributed by atoms with E-state index in [0.717, 1.165) is 27.7 Å². The summed E-state index contributed by atoms with van der Waals surface area (Å²) in [5.74, 6) is 1.06. The second-order valence-corrected chi connectivity index (χ2v) is 6.16. The molecule has 1 saturated carbocycles. The molecular weight excluding hydrogens is 264 g/mol. The zero-order chi connectivity index (χ0) is 14.6. The lowest BCUT2D eigenvalue weighted by Gasteiger charge is -2.32. The average Bonchev–Trinajstić information content (AvgIpc) is 2.73. The molecule has 5 heteroatoms. The van der Waals surface area contributed by atoms with Crippen molar-refractivity contribution in [3.63, 3.8) is 0 Å². The van der Waals surface area contributed by atoms with Crippen molar-refractivity contribution in [2.45, 2.75) is 39.2 Å². The van der Waals surface area contributed by atoms with E-state index in [2.05, 4.69) is 33.2 Å². The van der Waals surface area contributed by atoms with Crippen LogP contribution in [0.1, 0.15) is 30.5 Å². The number of rotatable bonds is 2. The van der Waals surface area contributed by atoms with Crippen molar-refractivity contribution < 1.29 is 4.42 Å². The smallest absolute Gasteiger partial charge is 0.229 e. The summed E-state index contributed by atoms with van der Waals surface area (Å²) >= 11 is 0. The number of fused-ring (bicyclic) bond motifs is 3. The van der Waals surface area contributed by atoms with E-state index in [-0.39, 0.29) is 0 Å². The molecule has 2 aromatic heterocycles. The van der Waals surface area contributed by atoms with Crippen molar-refractivity contribution in [2.75, 3.05) is 13.7 Å². The van der Waals surface area contributed by atoms with Crippen LogP contribution in [0.2, 0.25) is 0 Å². The molecule has 0 atom stereocenters. The Morgan fingerprint density at radius 1 is 1.33 bits per heavy atom. The molecule has 1 fully saturated rings. The third-order valence-electron chi connectivity index (χ3n) is 4.45. The maximum Gasteiger partial charge on any atom is 0.229 e. The topological polar surface area (TPSA) is 53.7 Å². The van der Waals surface area contributed by atoms with Gasteiger partial charge in [0.05, 0.1) is 5.39 Å². The minimum atomic E-state index is 0.567. The highest BCUT2D eigenvalue weighted by atomic mass is 16.3. The van der Waals surface area contributed by atoms with E-state index >= 15 is 0 Å². The van der Waals surface area contributed by atoms with Crippen molar-refractivity contribution in [1.29, 1.82) is 0 Å². The normalized spacial score (nSPS) is 18.4. The highest BCUT2D eigenvalue weighted by Crippen LogP contribution is 2.21. The standard InChI is InChI=1S/C16H20N4O/c1-9-7-10(2)18-16-12(9)13-14(21-16)15(20(3)8-17-13)19-11-5-4-6-11/h7,11,19H,4-6,8H2,1-3H3. The van der Waals surface area contributed by atoms with Gasteiger partial charge in [0.1, 0.15) is 17.8 Å². The summed E-state index contributed by atoms with van der Waals surface area (Å²) in [7, 11) is 2.05. The van der Waals surface area contributed by atoms with E-state index in [9.17, 15) is 0 Å². The van der Waals surface area contributed by atoms with E-state index in [4.69, 9.17) is 4.42 Å². The van der Waals surface area contributed by atoms with Crippen LogP contribution in [-0.4, -0.2) is 29.6 Å². The van der Waals surface area contributed by atoms with Gasteiger partial charge in [-0.2, -0.15) is 0 Å². The first-order chi connectivity index (χ1) is 10.1. The van der Waals surface area contributed by atoms with Gasteiger partial charge in [-0.1, -0.05) is 0 Å². The summed E-state index contributed by atoms with van der Waals surface area (Å²) in [6.07, 6.45) is 3.78. The quantitative estimate of drug-likeness (QED) is 0.899. The van der Waals surface area contributed by atoms with E-state index in [1.807, 2.05) is 14.0 Å².